The summed E-state index contributed by atoms with van der Waals surface area (Å²) in [5.74, 6) is 0.556. The lowest BCUT2D eigenvalue weighted by Gasteiger charge is -2.19. The molecule has 1 N–H and O–H groups in total. The minimum Gasteiger partial charge on any atom is -0.317 e. The van der Waals surface area contributed by atoms with Crippen LogP contribution in [0.5, 0.6) is 0 Å². The number of hydrogen-bond acceptors (Lipinski definition) is 3. The summed E-state index contributed by atoms with van der Waals surface area (Å²) in [4.78, 5) is 0. The molecule has 0 bridgehead atoms. The second-order valence-corrected chi connectivity index (χ2v) is 5.78. The third-order valence-electron chi connectivity index (χ3n) is 3.40. The summed E-state index contributed by atoms with van der Waals surface area (Å²) in [5.41, 5.74) is 2.56. The van der Waals surface area contributed by atoms with E-state index in [1.54, 1.807) is 6.08 Å². The third kappa shape index (κ3) is 17.3. The molecule has 27 heavy (non-hydrogen) atoms. The molecule has 1 aromatic carbocycles. The molecule has 0 saturated heterocycles. The van der Waals surface area contributed by atoms with Crippen molar-refractivity contribution in [1.82, 2.24) is 10.3 Å². The van der Waals surface area contributed by atoms with Gasteiger partial charge in [0, 0.05) is 18.1 Å². The van der Waals surface area contributed by atoms with Crippen molar-refractivity contribution in [3.05, 3.63) is 73.9 Å². The largest absolute Gasteiger partial charge is 0.317 e. The van der Waals surface area contributed by atoms with Gasteiger partial charge in [-0.1, -0.05) is 62.4 Å². The molecule has 0 spiro atoms. The van der Waals surface area contributed by atoms with Gasteiger partial charge in [-0.15, -0.1) is 31.3 Å². The van der Waals surface area contributed by atoms with Crippen molar-refractivity contribution in [3.63, 3.8) is 0 Å². The van der Waals surface area contributed by atoms with Gasteiger partial charge >= 0.3 is 0 Å². The zero-order chi connectivity index (χ0) is 20.8. The molecule has 3 nitrogen and oxygen atoms in total. The maximum Gasteiger partial charge on any atom is 0.0614 e. The Labute approximate surface area is 172 Å². The predicted octanol–water partition coefficient (Wildman–Crippen LogP) is 6.04. The Morgan fingerprint density at radius 2 is 1.85 bits per heavy atom. The summed E-state index contributed by atoms with van der Waals surface area (Å²) in [5, 5.41) is 10.4. The van der Waals surface area contributed by atoms with Crippen molar-refractivity contribution in [2.45, 2.75) is 40.2 Å². The molecular formula is C23H38ClN3. The molecule has 0 saturated carbocycles. The fraction of sp³-hybridized carbons (Fsp3) is 0.435. The van der Waals surface area contributed by atoms with Crippen LogP contribution in [0.2, 0.25) is 0 Å². The molecule has 0 amide bonds. The number of hydrazone groups is 1. The number of alkyl halides is 1. The van der Waals surface area contributed by atoms with E-state index in [1.807, 2.05) is 0 Å². The summed E-state index contributed by atoms with van der Waals surface area (Å²) in [7, 11) is 0. The summed E-state index contributed by atoms with van der Waals surface area (Å²) < 4.78 is 0. The standard InChI is InChI=1S/C18H29N3.C3H5Cl.C2H4/c1-4-7-15-21(16-17-11-9-8-10-12-17)20-18(5-2)13-14-19-6-3;1-2-3-4;1-2/h4,7-12,19H,5-6,13-16H2,1-3H3;2H,1,3H2;1-2H2/b7-4+,20-18+;;. The van der Waals surface area contributed by atoms with Crippen LogP contribution >= 0.6 is 11.6 Å². The van der Waals surface area contributed by atoms with Gasteiger partial charge in [-0.3, -0.25) is 5.01 Å². The number of halogens is 1. The van der Waals surface area contributed by atoms with Gasteiger partial charge in [0.2, 0.25) is 0 Å². The van der Waals surface area contributed by atoms with Gasteiger partial charge in [0.1, 0.15) is 0 Å². The molecule has 0 aliphatic rings. The highest BCUT2D eigenvalue weighted by Crippen LogP contribution is 2.07. The van der Waals surface area contributed by atoms with E-state index in [2.05, 4.69) is 93.3 Å². The van der Waals surface area contributed by atoms with Crippen molar-refractivity contribution in [3.8, 4) is 0 Å². The van der Waals surface area contributed by atoms with Gasteiger partial charge in [0.25, 0.3) is 0 Å². The number of benzene rings is 1. The molecule has 4 heteroatoms. The summed E-state index contributed by atoms with van der Waals surface area (Å²) in [6, 6.07) is 10.5. The lowest BCUT2D eigenvalue weighted by molar-refractivity contribution is 0.309. The normalized spacial score (nSPS) is 10.4. The first kappa shape index (κ1) is 27.4. The van der Waals surface area contributed by atoms with Crippen molar-refractivity contribution < 1.29 is 0 Å². The first-order valence-electron chi connectivity index (χ1n) is 9.55. The molecular weight excluding hydrogens is 354 g/mol. The molecule has 152 valence electrons. The first-order chi connectivity index (χ1) is 13.2. The molecule has 0 unspecified atom stereocenters. The van der Waals surface area contributed by atoms with Gasteiger partial charge in [0.05, 0.1) is 13.1 Å². The summed E-state index contributed by atoms with van der Waals surface area (Å²) in [6.07, 6.45) is 7.90. The molecule has 0 heterocycles. The third-order valence-corrected chi connectivity index (χ3v) is 3.62. The molecule has 0 fully saturated rings. The van der Waals surface area contributed by atoms with Crippen LogP contribution in [-0.2, 0) is 6.54 Å². The maximum atomic E-state index is 5.07. The lowest BCUT2D eigenvalue weighted by atomic mass is 10.2. The average molecular weight is 392 g/mol. The van der Waals surface area contributed by atoms with E-state index in [0.717, 1.165) is 39.0 Å². The van der Waals surface area contributed by atoms with Crippen LogP contribution < -0.4 is 5.32 Å². The highest BCUT2D eigenvalue weighted by molar-refractivity contribution is 6.18. The number of nitrogens with zero attached hydrogens (tertiary/aromatic N) is 2. The molecule has 1 aromatic rings. The Bertz CT molecular complexity index is 498. The van der Waals surface area contributed by atoms with Crippen LogP contribution in [0.1, 0.15) is 39.2 Å². The van der Waals surface area contributed by atoms with E-state index < -0.39 is 0 Å². The average Bonchev–Trinajstić information content (AvgIpc) is 2.73. The number of nitrogens with one attached hydrogen (secondary N) is 1. The van der Waals surface area contributed by atoms with E-state index in [1.165, 1.54) is 11.3 Å². The number of hydrogen-bond donors (Lipinski definition) is 1. The number of rotatable bonds is 11. The second kappa shape index (κ2) is 22.2. The molecule has 0 aliphatic heterocycles. The Hall–Kier alpha value is -1.84. The molecule has 0 atom stereocenters. The van der Waals surface area contributed by atoms with Crippen LogP contribution in [-0.4, -0.2) is 36.2 Å². The Balaban J connectivity index is 0. The zero-order valence-electron chi connectivity index (χ0n) is 17.5. The van der Waals surface area contributed by atoms with Crippen LogP contribution in [0.25, 0.3) is 0 Å². The SMILES string of the molecule is C/C=C/CN(Cc1ccccc1)/N=C(\CC)CCNCC.C=C.C=CCCl. The van der Waals surface area contributed by atoms with Gasteiger partial charge in [-0.05, 0) is 31.9 Å². The van der Waals surface area contributed by atoms with Crippen LogP contribution in [0, 0.1) is 0 Å². The summed E-state index contributed by atoms with van der Waals surface area (Å²) in [6.45, 7) is 19.5. The number of allylic oxidation sites excluding steroid dienone is 2. The van der Waals surface area contributed by atoms with Gasteiger partial charge in [0.15, 0.2) is 0 Å². The van der Waals surface area contributed by atoms with Gasteiger partial charge < -0.3 is 5.32 Å². The second-order valence-electron chi connectivity index (χ2n) is 5.47. The van der Waals surface area contributed by atoms with E-state index in [0.29, 0.717) is 5.88 Å². The highest BCUT2D eigenvalue weighted by atomic mass is 35.5. The Kier molecular flexibility index (Phi) is 22.5. The molecule has 0 aromatic heterocycles. The van der Waals surface area contributed by atoms with Crippen LogP contribution in [0.15, 0.2) is 73.4 Å². The van der Waals surface area contributed by atoms with Crippen molar-refractivity contribution in [2.75, 3.05) is 25.5 Å². The summed E-state index contributed by atoms with van der Waals surface area (Å²) >= 11 is 5.07. The van der Waals surface area contributed by atoms with Crippen LogP contribution in [0.3, 0.4) is 0 Å². The predicted molar refractivity (Wildman–Crippen MR) is 125 cm³/mol. The molecule has 1 rings (SSSR count). The van der Waals surface area contributed by atoms with Gasteiger partial charge in [-0.2, -0.15) is 5.10 Å². The van der Waals surface area contributed by atoms with E-state index in [-0.39, 0.29) is 0 Å². The Morgan fingerprint density at radius 1 is 1.22 bits per heavy atom. The van der Waals surface area contributed by atoms with E-state index in [9.17, 15) is 0 Å². The quantitative estimate of drug-likeness (QED) is 0.163. The zero-order valence-corrected chi connectivity index (χ0v) is 18.2. The highest BCUT2D eigenvalue weighted by Gasteiger charge is 2.04. The van der Waals surface area contributed by atoms with Crippen molar-refractivity contribution >= 4 is 17.3 Å². The van der Waals surface area contributed by atoms with Gasteiger partial charge in [-0.25, -0.2) is 0 Å². The first-order valence-corrected chi connectivity index (χ1v) is 10.1. The fourth-order valence-corrected chi connectivity index (χ4v) is 2.07. The van der Waals surface area contributed by atoms with E-state index in [4.69, 9.17) is 16.7 Å². The monoisotopic (exact) mass is 391 g/mol. The smallest absolute Gasteiger partial charge is 0.0614 e. The fourth-order valence-electron chi connectivity index (χ4n) is 2.07. The topological polar surface area (TPSA) is 27.6 Å². The molecule has 0 aliphatic carbocycles. The maximum absolute atomic E-state index is 5.07. The minimum atomic E-state index is 0.556. The lowest BCUT2D eigenvalue weighted by Crippen LogP contribution is -2.22. The van der Waals surface area contributed by atoms with Crippen molar-refractivity contribution in [2.24, 2.45) is 5.10 Å². The van der Waals surface area contributed by atoms with Crippen LogP contribution in [0.4, 0.5) is 0 Å². The molecule has 0 radical (unpaired) electrons. The van der Waals surface area contributed by atoms with Crippen molar-refractivity contribution in [1.29, 1.82) is 0 Å². The Morgan fingerprint density at radius 3 is 2.33 bits per heavy atom. The van der Waals surface area contributed by atoms with E-state index >= 15 is 0 Å². The minimum absolute atomic E-state index is 0.556.